The van der Waals surface area contributed by atoms with Crippen LogP contribution in [0.5, 0.6) is 17.2 Å². The van der Waals surface area contributed by atoms with E-state index >= 15 is 0 Å². The van der Waals surface area contributed by atoms with Crippen LogP contribution in [0.15, 0.2) is 54.9 Å². The van der Waals surface area contributed by atoms with E-state index in [1.165, 1.54) is 21.3 Å². The van der Waals surface area contributed by atoms with Crippen LogP contribution < -0.4 is 24.8 Å². The standard InChI is InChI=1S/C23H21ClN4O4/c1-30-18-10-15(11-19(31-2)22(18)32-3)26-23(29)28-21-16-9-14(24)6-7-17(16)27-20(21)13-5-4-8-25-12-13/h4-12,27H,1-3H3,(H2,26,28,29). The number of hydrogen-bond acceptors (Lipinski definition) is 5. The highest BCUT2D eigenvalue weighted by atomic mass is 35.5. The number of ether oxygens (including phenoxy) is 3. The van der Waals surface area contributed by atoms with E-state index in [9.17, 15) is 4.79 Å². The number of hydrogen-bond donors (Lipinski definition) is 3. The minimum atomic E-state index is -0.453. The lowest BCUT2D eigenvalue weighted by Gasteiger charge is -2.15. The lowest BCUT2D eigenvalue weighted by molar-refractivity contribution is 0.262. The van der Waals surface area contributed by atoms with E-state index in [0.717, 1.165) is 22.2 Å². The molecule has 2 heterocycles. The fraction of sp³-hybridized carbons (Fsp3) is 0.130. The van der Waals surface area contributed by atoms with E-state index in [0.29, 0.717) is 33.6 Å². The number of H-pyrrole nitrogens is 1. The quantitative estimate of drug-likeness (QED) is 0.356. The van der Waals surface area contributed by atoms with Gasteiger partial charge in [0.05, 0.1) is 38.4 Å². The molecule has 8 nitrogen and oxygen atoms in total. The number of halogens is 1. The van der Waals surface area contributed by atoms with E-state index in [4.69, 9.17) is 25.8 Å². The van der Waals surface area contributed by atoms with Crippen molar-refractivity contribution in [2.45, 2.75) is 0 Å². The number of methoxy groups -OCH3 is 3. The summed E-state index contributed by atoms with van der Waals surface area (Å²) in [6.45, 7) is 0. The Balaban J connectivity index is 1.69. The molecule has 3 N–H and O–H groups in total. The first-order valence-electron chi connectivity index (χ1n) is 9.63. The highest BCUT2D eigenvalue weighted by Gasteiger charge is 2.18. The van der Waals surface area contributed by atoms with Gasteiger partial charge < -0.3 is 29.8 Å². The van der Waals surface area contributed by atoms with Crippen LogP contribution in [0.4, 0.5) is 16.2 Å². The molecule has 2 amide bonds. The Morgan fingerprint density at radius 2 is 1.75 bits per heavy atom. The van der Waals surface area contributed by atoms with Crippen molar-refractivity contribution >= 4 is 39.9 Å². The van der Waals surface area contributed by atoms with Gasteiger partial charge in [-0.3, -0.25) is 4.98 Å². The zero-order valence-corrected chi connectivity index (χ0v) is 18.4. The molecular formula is C23H21ClN4O4. The number of benzene rings is 2. The molecule has 0 atom stereocenters. The highest BCUT2D eigenvalue weighted by molar-refractivity contribution is 6.31. The molecule has 0 saturated heterocycles. The Hall–Kier alpha value is -3.91. The molecule has 0 unspecified atom stereocenters. The molecule has 0 spiro atoms. The lowest BCUT2D eigenvalue weighted by atomic mass is 10.1. The number of pyridine rings is 1. The van der Waals surface area contributed by atoms with E-state index in [-0.39, 0.29) is 0 Å². The molecule has 0 aliphatic carbocycles. The van der Waals surface area contributed by atoms with Crippen molar-refractivity contribution in [3.8, 4) is 28.5 Å². The number of aromatic nitrogens is 2. The summed E-state index contributed by atoms with van der Waals surface area (Å²) in [4.78, 5) is 20.5. The average molecular weight is 453 g/mol. The predicted octanol–water partition coefficient (Wildman–Crippen LogP) is 5.55. The molecule has 0 saturated carbocycles. The van der Waals surface area contributed by atoms with E-state index in [2.05, 4.69) is 20.6 Å². The molecule has 164 valence electrons. The summed E-state index contributed by atoms with van der Waals surface area (Å²) in [7, 11) is 4.54. The Bertz CT molecular complexity index is 1250. The van der Waals surface area contributed by atoms with Crippen LogP contribution in [-0.4, -0.2) is 37.3 Å². The molecule has 32 heavy (non-hydrogen) atoms. The third-order valence-electron chi connectivity index (χ3n) is 4.87. The molecule has 0 bridgehead atoms. The number of nitrogens with one attached hydrogen (secondary N) is 3. The van der Waals surface area contributed by atoms with Gasteiger partial charge in [-0.05, 0) is 30.3 Å². The average Bonchev–Trinajstić information content (AvgIpc) is 3.16. The summed E-state index contributed by atoms with van der Waals surface area (Å²) in [5, 5.41) is 7.07. The van der Waals surface area contributed by atoms with Crippen molar-refractivity contribution in [1.29, 1.82) is 0 Å². The smallest absolute Gasteiger partial charge is 0.323 e. The monoisotopic (exact) mass is 452 g/mol. The van der Waals surface area contributed by atoms with Crippen molar-refractivity contribution in [2.75, 3.05) is 32.0 Å². The van der Waals surface area contributed by atoms with Gasteiger partial charge in [-0.25, -0.2) is 4.79 Å². The van der Waals surface area contributed by atoms with Crippen LogP contribution in [0.25, 0.3) is 22.2 Å². The number of rotatable bonds is 6. The molecule has 0 aliphatic rings. The van der Waals surface area contributed by atoms with E-state index < -0.39 is 6.03 Å². The Labute approximate surface area is 189 Å². The fourth-order valence-corrected chi connectivity index (χ4v) is 3.62. The number of nitrogens with zero attached hydrogens (tertiary/aromatic N) is 1. The number of fused-ring (bicyclic) bond motifs is 1. The number of anilines is 2. The van der Waals surface area contributed by atoms with Gasteiger partial charge in [0.1, 0.15) is 0 Å². The zero-order chi connectivity index (χ0) is 22.7. The minimum absolute atomic E-state index is 0.428. The number of carbonyl (C=O) groups excluding carboxylic acids is 1. The second kappa shape index (κ2) is 9.07. The number of aromatic amines is 1. The van der Waals surface area contributed by atoms with Crippen molar-refractivity contribution in [3.63, 3.8) is 0 Å². The first-order valence-corrected chi connectivity index (χ1v) is 10.0. The van der Waals surface area contributed by atoms with Crippen molar-refractivity contribution < 1.29 is 19.0 Å². The van der Waals surface area contributed by atoms with Gasteiger partial charge in [-0.15, -0.1) is 0 Å². The molecule has 0 fully saturated rings. The first-order chi connectivity index (χ1) is 15.5. The molecule has 4 rings (SSSR count). The van der Waals surface area contributed by atoms with Gasteiger partial charge in [-0.1, -0.05) is 11.6 Å². The summed E-state index contributed by atoms with van der Waals surface area (Å²) >= 11 is 6.21. The molecule has 0 aliphatic heterocycles. The number of carbonyl (C=O) groups is 1. The maximum atomic E-state index is 12.9. The van der Waals surface area contributed by atoms with E-state index in [1.807, 2.05) is 18.2 Å². The molecule has 2 aromatic heterocycles. The molecular weight excluding hydrogens is 432 g/mol. The highest BCUT2D eigenvalue weighted by Crippen LogP contribution is 2.40. The minimum Gasteiger partial charge on any atom is -0.493 e. The van der Waals surface area contributed by atoms with Crippen LogP contribution in [0.2, 0.25) is 5.02 Å². The van der Waals surface area contributed by atoms with Gasteiger partial charge in [-0.2, -0.15) is 0 Å². The topological polar surface area (TPSA) is 97.5 Å². The van der Waals surface area contributed by atoms with Gasteiger partial charge in [0.2, 0.25) is 5.75 Å². The summed E-state index contributed by atoms with van der Waals surface area (Å²) in [5.74, 6) is 1.29. The molecule has 2 aromatic carbocycles. The summed E-state index contributed by atoms with van der Waals surface area (Å²) in [5.41, 5.74) is 3.42. The normalized spacial score (nSPS) is 10.6. The van der Waals surface area contributed by atoms with Gasteiger partial charge in [0, 0.05) is 46.0 Å². The van der Waals surface area contributed by atoms with Crippen LogP contribution in [0.3, 0.4) is 0 Å². The van der Waals surface area contributed by atoms with Crippen LogP contribution in [-0.2, 0) is 0 Å². The summed E-state index contributed by atoms with van der Waals surface area (Å²) < 4.78 is 16.0. The summed E-state index contributed by atoms with van der Waals surface area (Å²) in [6.07, 6.45) is 3.40. The first kappa shape index (κ1) is 21.3. The van der Waals surface area contributed by atoms with Crippen molar-refractivity contribution in [3.05, 3.63) is 59.9 Å². The Morgan fingerprint density at radius 3 is 2.38 bits per heavy atom. The third-order valence-corrected chi connectivity index (χ3v) is 5.11. The van der Waals surface area contributed by atoms with Crippen molar-refractivity contribution in [1.82, 2.24) is 9.97 Å². The SMILES string of the molecule is COc1cc(NC(=O)Nc2c(-c3cccnc3)[nH]c3ccc(Cl)cc23)cc(OC)c1OC. The Morgan fingerprint density at radius 1 is 1.00 bits per heavy atom. The summed E-state index contributed by atoms with van der Waals surface area (Å²) in [6, 6.07) is 12.0. The number of amides is 2. The third kappa shape index (κ3) is 4.13. The van der Waals surface area contributed by atoms with Crippen LogP contribution in [0, 0.1) is 0 Å². The Kier molecular flexibility index (Phi) is 6.04. The van der Waals surface area contributed by atoms with Crippen LogP contribution in [0.1, 0.15) is 0 Å². The largest absolute Gasteiger partial charge is 0.493 e. The van der Waals surface area contributed by atoms with Crippen molar-refractivity contribution in [2.24, 2.45) is 0 Å². The molecule has 0 radical (unpaired) electrons. The van der Waals surface area contributed by atoms with Gasteiger partial charge in [0.25, 0.3) is 0 Å². The molecule has 9 heteroatoms. The second-order valence-electron chi connectivity index (χ2n) is 6.80. The lowest BCUT2D eigenvalue weighted by Crippen LogP contribution is -2.19. The van der Waals surface area contributed by atoms with Gasteiger partial charge >= 0.3 is 6.03 Å². The molecule has 4 aromatic rings. The predicted molar refractivity (Wildman–Crippen MR) is 125 cm³/mol. The second-order valence-corrected chi connectivity index (χ2v) is 7.24. The maximum Gasteiger partial charge on any atom is 0.323 e. The maximum absolute atomic E-state index is 12.9. The van der Waals surface area contributed by atoms with Gasteiger partial charge in [0.15, 0.2) is 11.5 Å². The van der Waals surface area contributed by atoms with Crippen LogP contribution >= 0.6 is 11.6 Å². The van der Waals surface area contributed by atoms with E-state index in [1.54, 1.807) is 36.7 Å². The fourth-order valence-electron chi connectivity index (χ4n) is 3.45. The zero-order valence-electron chi connectivity index (χ0n) is 17.7. The number of urea groups is 1.